The monoisotopic (exact) mass is 280 g/mol. The van der Waals surface area contributed by atoms with Crippen molar-refractivity contribution in [1.82, 2.24) is 4.98 Å². The van der Waals surface area contributed by atoms with Crippen molar-refractivity contribution < 1.29 is 9.31 Å². The third-order valence-corrected chi connectivity index (χ3v) is 3.93. The maximum Gasteiger partial charge on any atom is 0.487 e. The molecule has 0 bridgehead atoms. The molecule has 0 atom stereocenters. The van der Waals surface area contributed by atoms with E-state index >= 15 is 0 Å². The molecule has 0 aliphatic carbocycles. The van der Waals surface area contributed by atoms with Gasteiger partial charge in [0, 0.05) is 0 Å². The van der Waals surface area contributed by atoms with Crippen LogP contribution in [0.2, 0.25) is 5.02 Å². The van der Waals surface area contributed by atoms with Gasteiger partial charge in [-0.25, -0.2) is 0 Å². The van der Waals surface area contributed by atoms with Crippen LogP contribution in [-0.4, -0.2) is 23.3 Å². The lowest BCUT2D eigenvalue weighted by Crippen LogP contribution is -2.41. The molecule has 6 heteroatoms. The standard InChI is InChI=1S/C13H18BClN2O2/c1-12(2)13(3,4)19-14(18-12)6-5-9-7-10(15)11(16)8-17-9/h5-8H,16H2,1-4H3/b6-5+. The van der Waals surface area contributed by atoms with Gasteiger partial charge in [-0.3, -0.25) is 4.98 Å². The van der Waals surface area contributed by atoms with Crippen molar-refractivity contribution in [3.05, 3.63) is 29.0 Å². The van der Waals surface area contributed by atoms with E-state index in [1.54, 1.807) is 6.07 Å². The van der Waals surface area contributed by atoms with Crippen LogP contribution in [0.15, 0.2) is 18.2 Å². The molecule has 1 aliphatic rings. The normalized spacial score (nSPS) is 21.2. The Balaban J connectivity index is 2.10. The smallest absolute Gasteiger partial charge is 0.400 e. The van der Waals surface area contributed by atoms with Gasteiger partial charge in [0.2, 0.25) is 0 Å². The van der Waals surface area contributed by atoms with Gasteiger partial charge in [-0.1, -0.05) is 17.6 Å². The molecule has 0 amide bonds. The molecule has 2 N–H and O–H groups in total. The predicted molar refractivity (Wildman–Crippen MR) is 78.8 cm³/mol. The number of anilines is 1. The molecule has 4 nitrogen and oxygen atoms in total. The Hall–Kier alpha value is -1.04. The summed E-state index contributed by atoms with van der Waals surface area (Å²) in [6.07, 6.45) is 3.35. The molecule has 102 valence electrons. The summed E-state index contributed by atoms with van der Waals surface area (Å²) in [4.78, 5) is 4.17. The van der Waals surface area contributed by atoms with Gasteiger partial charge in [-0.15, -0.1) is 0 Å². The molecule has 1 aliphatic heterocycles. The van der Waals surface area contributed by atoms with Gasteiger partial charge in [0.05, 0.1) is 33.8 Å². The lowest BCUT2D eigenvalue weighted by molar-refractivity contribution is 0.00578. The van der Waals surface area contributed by atoms with E-state index in [0.717, 1.165) is 0 Å². The van der Waals surface area contributed by atoms with Crippen LogP contribution in [0, 0.1) is 0 Å². The molecule has 1 fully saturated rings. The zero-order valence-electron chi connectivity index (χ0n) is 11.6. The van der Waals surface area contributed by atoms with Crippen LogP contribution in [-0.2, 0) is 9.31 Å². The number of hydrogen-bond acceptors (Lipinski definition) is 4. The van der Waals surface area contributed by atoms with E-state index < -0.39 is 0 Å². The minimum Gasteiger partial charge on any atom is -0.400 e. The van der Waals surface area contributed by atoms with Crippen molar-refractivity contribution in [3.63, 3.8) is 0 Å². The molecule has 1 aromatic rings. The van der Waals surface area contributed by atoms with Crippen LogP contribution < -0.4 is 5.73 Å². The maximum absolute atomic E-state index is 5.94. The molecule has 2 heterocycles. The van der Waals surface area contributed by atoms with E-state index in [0.29, 0.717) is 16.4 Å². The molecule has 19 heavy (non-hydrogen) atoms. The molecular weight excluding hydrogens is 262 g/mol. The quantitative estimate of drug-likeness (QED) is 0.846. The molecule has 0 radical (unpaired) electrons. The number of nitrogens with two attached hydrogens (primary N) is 1. The van der Waals surface area contributed by atoms with Crippen molar-refractivity contribution in [2.24, 2.45) is 0 Å². The van der Waals surface area contributed by atoms with Crippen molar-refractivity contribution in [1.29, 1.82) is 0 Å². The number of nitrogens with zero attached hydrogens (tertiary/aromatic N) is 1. The Bertz CT molecular complexity index is 501. The SMILES string of the molecule is CC1(C)OB(/C=C/c2cc(Cl)c(N)cn2)OC1(C)C. The Labute approximate surface area is 119 Å². The number of pyridine rings is 1. The molecule has 0 aromatic carbocycles. The van der Waals surface area contributed by atoms with Gasteiger partial charge >= 0.3 is 7.12 Å². The van der Waals surface area contributed by atoms with Gasteiger partial charge < -0.3 is 15.0 Å². The van der Waals surface area contributed by atoms with E-state index in [1.165, 1.54) is 6.20 Å². The zero-order valence-corrected chi connectivity index (χ0v) is 12.4. The third kappa shape index (κ3) is 2.94. The first kappa shape index (κ1) is 14.4. The Morgan fingerprint density at radius 3 is 2.37 bits per heavy atom. The van der Waals surface area contributed by atoms with Crippen LogP contribution in [0.1, 0.15) is 33.4 Å². The van der Waals surface area contributed by atoms with Crippen molar-refractivity contribution in [2.45, 2.75) is 38.9 Å². The topological polar surface area (TPSA) is 57.4 Å². The summed E-state index contributed by atoms with van der Waals surface area (Å²) in [7, 11) is -0.386. The van der Waals surface area contributed by atoms with Gasteiger partial charge in [0.15, 0.2) is 0 Å². The maximum atomic E-state index is 5.94. The molecule has 0 saturated carbocycles. The fourth-order valence-electron chi connectivity index (χ4n) is 1.69. The van der Waals surface area contributed by atoms with E-state index in [4.69, 9.17) is 26.6 Å². The van der Waals surface area contributed by atoms with Crippen LogP contribution in [0.4, 0.5) is 5.69 Å². The van der Waals surface area contributed by atoms with Gasteiger partial charge in [-0.2, -0.15) is 0 Å². The molecule has 0 unspecified atom stereocenters. The van der Waals surface area contributed by atoms with Crippen LogP contribution in [0.25, 0.3) is 6.08 Å². The summed E-state index contributed by atoms with van der Waals surface area (Å²) >= 11 is 5.94. The Kier molecular flexibility index (Phi) is 3.64. The fourth-order valence-corrected chi connectivity index (χ4v) is 1.85. The third-order valence-electron chi connectivity index (χ3n) is 3.60. The van der Waals surface area contributed by atoms with Gasteiger partial charge in [-0.05, 0) is 39.8 Å². The summed E-state index contributed by atoms with van der Waals surface area (Å²) in [6, 6.07) is 1.71. The largest absolute Gasteiger partial charge is 0.487 e. The molecule has 2 rings (SSSR count). The van der Waals surface area contributed by atoms with Crippen molar-refractivity contribution >= 4 is 30.5 Å². The molecule has 0 spiro atoms. The molecular formula is C13H18BClN2O2. The highest BCUT2D eigenvalue weighted by molar-refractivity contribution is 6.52. The van der Waals surface area contributed by atoms with Crippen molar-refractivity contribution in [2.75, 3.05) is 5.73 Å². The second-order valence-electron chi connectivity index (χ2n) is 5.61. The summed E-state index contributed by atoms with van der Waals surface area (Å²) in [5.41, 5.74) is 6.12. The number of rotatable bonds is 2. The van der Waals surface area contributed by atoms with Crippen LogP contribution in [0.3, 0.4) is 0 Å². The second-order valence-corrected chi connectivity index (χ2v) is 6.02. The van der Waals surface area contributed by atoms with E-state index in [2.05, 4.69) is 4.98 Å². The first-order chi connectivity index (χ1) is 8.71. The first-order valence-corrected chi connectivity index (χ1v) is 6.54. The van der Waals surface area contributed by atoms with Crippen LogP contribution >= 0.6 is 11.6 Å². The fraction of sp³-hybridized carbons (Fsp3) is 0.462. The minimum absolute atomic E-state index is 0.339. The Morgan fingerprint density at radius 2 is 1.84 bits per heavy atom. The summed E-state index contributed by atoms with van der Waals surface area (Å²) in [6.45, 7) is 8.05. The average Bonchev–Trinajstić information content (AvgIpc) is 2.49. The molecule has 1 saturated heterocycles. The first-order valence-electron chi connectivity index (χ1n) is 6.16. The van der Waals surface area contributed by atoms with Gasteiger partial charge in [0.1, 0.15) is 0 Å². The highest BCUT2D eigenvalue weighted by atomic mass is 35.5. The number of halogens is 1. The summed E-state index contributed by atoms with van der Waals surface area (Å²) in [5, 5.41) is 0.489. The lowest BCUT2D eigenvalue weighted by Gasteiger charge is -2.32. The summed E-state index contributed by atoms with van der Waals surface area (Å²) in [5.74, 6) is 1.82. The Morgan fingerprint density at radius 1 is 1.26 bits per heavy atom. The second kappa shape index (κ2) is 4.82. The average molecular weight is 281 g/mol. The zero-order chi connectivity index (χ0) is 14.3. The van der Waals surface area contributed by atoms with Gasteiger partial charge in [0.25, 0.3) is 0 Å². The van der Waals surface area contributed by atoms with E-state index in [1.807, 2.05) is 39.7 Å². The summed E-state index contributed by atoms with van der Waals surface area (Å²) < 4.78 is 11.7. The van der Waals surface area contributed by atoms with E-state index in [-0.39, 0.29) is 18.3 Å². The molecule has 1 aromatic heterocycles. The highest BCUT2D eigenvalue weighted by Gasteiger charge is 2.49. The number of hydrogen-bond donors (Lipinski definition) is 1. The van der Waals surface area contributed by atoms with Crippen molar-refractivity contribution in [3.8, 4) is 0 Å². The van der Waals surface area contributed by atoms with Crippen LogP contribution in [0.5, 0.6) is 0 Å². The number of aromatic nitrogens is 1. The predicted octanol–water partition coefficient (Wildman–Crippen LogP) is 2.96. The van der Waals surface area contributed by atoms with E-state index in [9.17, 15) is 0 Å². The lowest BCUT2D eigenvalue weighted by atomic mass is 9.89. The minimum atomic E-state index is -0.386. The number of nitrogen functional groups attached to an aromatic ring is 1. The highest BCUT2D eigenvalue weighted by Crippen LogP contribution is 2.37.